The SMILES string of the molecule is COC(=O)c1cc(-c2ccc(Cl)cc2Cl)n(-c2ccccc2Cl)n1. The van der Waals surface area contributed by atoms with E-state index in [2.05, 4.69) is 5.10 Å². The van der Waals surface area contributed by atoms with Crippen LogP contribution in [0, 0.1) is 0 Å². The number of ether oxygens (including phenoxy) is 1. The van der Waals surface area contributed by atoms with Gasteiger partial charge in [0.15, 0.2) is 5.69 Å². The minimum atomic E-state index is -0.549. The number of esters is 1. The first kappa shape index (κ1) is 16.8. The summed E-state index contributed by atoms with van der Waals surface area (Å²) in [6, 6.07) is 13.9. The molecule has 0 aliphatic carbocycles. The van der Waals surface area contributed by atoms with Crippen LogP contribution in [0.3, 0.4) is 0 Å². The lowest BCUT2D eigenvalue weighted by Gasteiger charge is -2.10. The van der Waals surface area contributed by atoms with E-state index in [-0.39, 0.29) is 5.69 Å². The Kier molecular flexibility index (Phi) is 4.81. The standard InChI is InChI=1S/C17H11Cl3N2O2/c1-24-17(23)14-9-16(11-7-6-10(18)8-13(11)20)22(21-14)15-5-3-2-4-12(15)19/h2-9H,1H3. The van der Waals surface area contributed by atoms with E-state index >= 15 is 0 Å². The van der Waals surface area contributed by atoms with Gasteiger partial charge in [-0.25, -0.2) is 9.48 Å². The Bertz CT molecular complexity index is 922. The monoisotopic (exact) mass is 380 g/mol. The van der Waals surface area contributed by atoms with Gasteiger partial charge >= 0.3 is 5.97 Å². The summed E-state index contributed by atoms with van der Waals surface area (Å²) in [6.07, 6.45) is 0. The Morgan fingerprint density at radius 3 is 2.46 bits per heavy atom. The third-order valence-electron chi connectivity index (χ3n) is 3.39. The zero-order valence-electron chi connectivity index (χ0n) is 12.5. The maximum absolute atomic E-state index is 11.9. The summed E-state index contributed by atoms with van der Waals surface area (Å²) in [6.45, 7) is 0. The second-order valence-electron chi connectivity index (χ2n) is 4.89. The van der Waals surface area contributed by atoms with Crippen LogP contribution in [0.5, 0.6) is 0 Å². The van der Waals surface area contributed by atoms with Crippen molar-refractivity contribution < 1.29 is 9.53 Å². The van der Waals surface area contributed by atoms with Gasteiger partial charge in [0, 0.05) is 10.6 Å². The first-order valence-corrected chi connectivity index (χ1v) is 8.03. The first-order valence-electron chi connectivity index (χ1n) is 6.90. The molecule has 0 radical (unpaired) electrons. The number of carbonyl (C=O) groups excluding carboxylic acids is 1. The van der Waals surface area contributed by atoms with Crippen molar-refractivity contribution in [2.75, 3.05) is 7.11 Å². The normalized spacial score (nSPS) is 10.7. The summed E-state index contributed by atoms with van der Waals surface area (Å²) >= 11 is 18.5. The molecule has 0 bridgehead atoms. The fraction of sp³-hybridized carbons (Fsp3) is 0.0588. The summed E-state index contributed by atoms with van der Waals surface area (Å²) in [5.74, 6) is -0.549. The second-order valence-corrected chi connectivity index (χ2v) is 6.14. The Morgan fingerprint density at radius 2 is 1.79 bits per heavy atom. The van der Waals surface area contributed by atoms with Gasteiger partial charge < -0.3 is 4.74 Å². The van der Waals surface area contributed by atoms with Crippen LogP contribution in [0.1, 0.15) is 10.5 Å². The molecular weight excluding hydrogens is 371 g/mol. The van der Waals surface area contributed by atoms with Crippen molar-refractivity contribution >= 4 is 40.8 Å². The van der Waals surface area contributed by atoms with Crippen molar-refractivity contribution in [2.24, 2.45) is 0 Å². The molecule has 122 valence electrons. The molecule has 0 unspecified atom stereocenters. The number of hydrogen-bond donors (Lipinski definition) is 0. The number of methoxy groups -OCH3 is 1. The first-order chi connectivity index (χ1) is 11.5. The summed E-state index contributed by atoms with van der Waals surface area (Å²) in [4.78, 5) is 11.9. The van der Waals surface area contributed by atoms with Crippen LogP contribution >= 0.6 is 34.8 Å². The molecule has 24 heavy (non-hydrogen) atoms. The smallest absolute Gasteiger partial charge is 0.358 e. The van der Waals surface area contributed by atoms with E-state index in [4.69, 9.17) is 39.5 Å². The fourth-order valence-corrected chi connectivity index (χ4v) is 3.00. The highest BCUT2D eigenvalue weighted by molar-refractivity contribution is 6.36. The zero-order valence-corrected chi connectivity index (χ0v) is 14.7. The van der Waals surface area contributed by atoms with E-state index in [9.17, 15) is 4.79 Å². The van der Waals surface area contributed by atoms with E-state index in [0.29, 0.717) is 32.0 Å². The van der Waals surface area contributed by atoms with Crippen LogP contribution in [0.4, 0.5) is 0 Å². The van der Waals surface area contributed by atoms with E-state index in [0.717, 1.165) is 0 Å². The lowest BCUT2D eigenvalue weighted by molar-refractivity contribution is 0.0593. The summed E-state index contributed by atoms with van der Waals surface area (Å²) in [5, 5.41) is 5.76. The van der Waals surface area contributed by atoms with E-state index < -0.39 is 5.97 Å². The molecule has 0 spiro atoms. The quantitative estimate of drug-likeness (QED) is 0.579. The van der Waals surface area contributed by atoms with Gasteiger partial charge in [-0.3, -0.25) is 0 Å². The molecule has 0 saturated heterocycles. The second kappa shape index (κ2) is 6.85. The van der Waals surface area contributed by atoms with Gasteiger partial charge in [0.1, 0.15) is 0 Å². The van der Waals surface area contributed by atoms with Crippen LogP contribution < -0.4 is 0 Å². The van der Waals surface area contributed by atoms with Crippen molar-refractivity contribution in [3.8, 4) is 16.9 Å². The summed E-state index contributed by atoms with van der Waals surface area (Å²) < 4.78 is 6.31. The number of rotatable bonds is 3. The molecule has 0 aliphatic heterocycles. The summed E-state index contributed by atoms with van der Waals surface area (Å²) in [7, 11) is 1.30. The van der Waals surface area contributed by atoms with E-state index in [1.165, 1.54) is 7.11 Å². The molecule has 4 nitrogen and oxygen atoms in total. The molecule has 0 fully saturated rings. The third-order valence-corrected chi connectivity index (χ3v) is 4.26. The zero-order chi connectivity index (χ0) is 17.3. The maximum Gasteiger partial charge on any atom is 0.358 e. The Hall–Kier alpha value is -2.01. The molecule has 0 N–H and O–H groups in total. The minimum Gasteiger partial charge on any atom is -0.464 e. The molecule has 2 aromatic carbocycles. The average molecular weight is 382 g/mol. The molecule has 1 heterocycles. The number of carbonyl (C=O) groups is 1. The number of aromatic nitrogens is 2. The van der Waals surface area contributed by atoms with Crippen LogP contribution in [0.2, 0.25) is 15.1 Å². The van der Waals surface area contributed by atoms with Crippen LogP contribution in [-0.2, 0) is 4.74 Å². The highest BCUT2D eigenvalue weighted by atomic mass is 35.5. The number of nitrogens with zero attached hydrogens (tertiary/aromatic N) is 2. The Balaban J connectivity index is 2.26. The predicted octanol–water partition coefficient (Wildman–Crippen LogP) is 5.29. The molecule has 0 saturated carbocycles. The molecule has 3 aromatic rings. The van der Waals surface area contributed by atoms with Gasteiger partial charge in [-0.15, -0.1) is 0 Å². The van der Waals surface area contributed by atoms with Gasteiger partial charge in [-0.2, -0.15) is 5.10 Å². The number of halogens is 3. The van der Waals surface area contributed by atoms with Crippen molar-refractivity contribution in [3.05, 3.63) is 69.3 Å². The van der Waals surface area contributed by atoms with Crippen molar-refractivity contribution in [1.82, 2.24) is 9.78 Å². The van der Waals surface area contributed by atoms with Gasteiger partial charge in [0.2, 0.25) is 0 Å². The maximum atomic E-state index is 11.9. The molecule has 0 aliphatic rings. The topological polar surface area (TPSA) is 44.1 Å². The molecule has 3 rings (SSSR count). The number of para-hydroxylation sites is 1. The van der Waals surface area contributed by atoms with Gasteiger partial charge in [-0.1, -0.05) is 46.9 Å². The highest BCUT2D eigenvalue weighted by Gasteiger charge is 2.19. The van der Waals surface area contributed by atoms with E-state index in [1.54, 1.807) is 41.1 Å². The molecule has 0 atom stereocenters. The van der Waals surface area contributed by atoms with Gasteiger partial charge in [0.25, 0.3) is 0 Å². The average Bonchev–Trinajstić information content (AvgIpc) is 2.99. The highest BCUT2D eigenvalue weighted by Crippen LogP contribution is 2.33. The van der Waals surface area contributed by atoms with E-state index in [1.807, 2.05) is 12.1 Å². The Morgan fingerprint density at radius 1 is 1.04 bits per heavy atom. The number of hydrogen-bond acceptors (Lipinski definition) is 3. The lowest BCUT2D eigenvalue weighted by atomic mass is 10.1. The molecule has 1 aromatic heterocycles. The molecule has 0 amide bonds. The van der Waals surface area contributed by atoms with Crippen molar-refractivity contribution in [2.45, 2.75) is 0 Å². The molecular formula is C17H11Cl3N2O2. The largest absolute Gasteiger partial charge is 0.464 e. The van der Waals surface area contributed by atoms with Crippen LogP contribution in [-0.4, -0.2) is 22.9 Å². The minimum absolute atomic E-state index is 0.151. The van der Waals surface area contributed by atoms with Crippen molar-refractivity contribution in [3.63, 3.8) is 0 Å². The molecule has 7 heteroatoms. The Labute approximate surface area is 153 Å². The predicted molar refractivity (Wildman–Crippen MR) is 95.4 cm³/mol. The third kappa shape index (κ3) is 3.13. The van der Waals surface area contributed by atoms with Crippen LogP contribution in [0.25, 0.3) is 16.9 Å². The van der Waals surface area contributed by atoms with Crippen molar-refractivity contribution in [1.29, 1.82) is 0 Å². The number of benzene rings is 2. The lowest BCUT2D eigenvalue weighted by Crippen LogP contribution is -2.05. The summed E-state index contributed by atoms with van der Waals surface area (Å²) in [5.41, 5.74) is 2.04. The van der Waals surface area contributed by atoms with Gasteiger partial charge in [-0.05, 0) is 36.4 Å². The van der Waals surface area contributed by atoms with Gasteiger partial charge in [0.05, 0.1) is 28.5 Å². The fourth-order valence-electron chi connectivity index (χ4n) is 2.28. The van der Waals surface area contributed by atoms with Crippen LogP contribution in [0.15, 0.2) is 48.5 Å².